The number of guanidine groups is 1. The fourth-order valence-electron chi connectivity index (χ4n) is 2.36. The van der Waals surface area contributed by atoms with E-state index in [0.717, 1.165) is 23.4 Å². The van der Waals surface area contributed by atoms with Crippen LogP contribution in [-0.2, 0) is 19.3 Å². The molecule has 7 heteroatoms. The Morgan fingerprint density at radius 3 is 2.12 bits per heavy atom. The molecule has 0 fully saturated rings. The Balaban J connectivity index is 1.90. The van der Waals surface area contributed by atoms with Crippen molar-refractivity contribution in [3.8, 4) is 0 Å². The van der Waals surface area contributed by atoms with Crippen LogP contribution >= 0.6 is 0 Å². The lowest BCUT2D eigenvalue weighted by Crippen LogP contribution is -2.36. The van der Waals surface area contributed by atoms with Gasteiger partial charge in [0.15, 0.2) is 5.96 Å². The van der Waals surface area contributed by atoms with E-state index in [0.29, 0.717) is 18.1 Å². The molecule has 0 saturated heterocycles. The summed E-state index contributed by atoms with van der Waals surface area (Å²) in [6, 6.07) is 13.3. The van der Waals surface area contributed by atoms with Crippen LogP contribution in [0.4, 0.5) is 18.9 Å². The first-order chi connectivity index (χ1) is 12.3. The SMILES string of the molecule is CN=C(NCc1ccc(N(C)C)cc1)NCc1cccc(C(F)(F)F)c1. The van der Waals surface area contributed by atoms with Gasteiger partial charge in [0.2, 0.25) is 0 Å². The zero-order valence-corrected chi connectivity index (χ0v) is 15.1. The van der Waals surface area contributed by atoms with Gasteiger partial charge in [0.05, 0.1) is 5.56 Å². The van der Waals surface area contributed by atoms with Gasteiger partial charge in [0.25, 0.3) is 0 Å². The molecule has 0 heterocycles. The first kappa shape index (κ1) is 19.6. The summed E-state index contributed by atoms with van der Waals surface area (Å²) >= 11 is 0. The predicted molar refractivity (Wildman–Crippen MR) is 99.3 cm³/mol. The van der Waals surface area contributed by atoms with Crippen molar-refractivity contribution in [2.75, 3.05) is 26.0 Å². The number of hydrogen-bond acceptors (Lipinski definition) is 2. The molecule has 26 heavy (non-hydrogen) atoms. The van der Waals surface area contributed by atoms with Gasteiger partial charge in [0, 0.05) is 39.9 Å². The Kier molecular flexibility index (Phi) is 6.49. The average Bonchev–Trinajstić information content (AvgIpc) is 2.61. The van der Waals surface area contributed by atoms with Crippen LogP contribution in [0.5, 0.6) is 0 Å². The highest BCUT2D eigenvalue weighted by atomic mass is 19.4. The maximum Gasteiger partial charge on any atom is 0.416 e. The van der Waals surface area contributed by atoms with Crippen LogP contribution in [0.25, 0.3) is 0 Å². The minimum atomic E-state index is -4.34. The highest BCUT2D eigenvalue weighted by Gasteiger charge is 2.30. The Bertz CT molecular complexity index is 737. The van der Waals surface area contributed by atoms with Gasteiger partial charge < -0.3 is 15.5 Å². The van der Waals surface area contributed by atoms with Crippen LogP contribution in [0.15, 0.2) is 53.5 Å². The highest BCUT2D eigenvalue weighted by Crippen LogP contribution is 2.29. The first-order valence-corrected chi connectivity index (χ1v) is 8.16. The largest absolute Gasteiger partial charge is 0.416 e. The van der Waals surface area contributed by atoms with Crippen LogP contribution in [0, 0.1) is 0 Å². The quantitative estimate of drug-likeness (QED) is 0.629. The summed E-state index contributed by atoms with van der Waals surface area (Å²) in [5.74, 6) is 0.527. The number of rotatable bonds is 5. The number of hydrogen-bond donors (Lipinski definition) is 2. The summed E-state index contributed by atoms with van der Waals surface area (Å²) in [6.45, 7) is 0.819. The zero-order chi connectivity index (χ0) is 19.2. The Labute approximate surface area is 151 Å². The molecule has 0 unspecified atom stereocenters. The summed E-state index contributed by atoms with van der Waals surface area (Å²) in [7, 11) is 5.58. The molecule has 0 bridgehead atoms. The van der Waals surface area contributed by atoms with E-state index in [1.165, 1.54) is 6.07 Å². The molecule has 0 aliphatic rings. The minimum absolute atomic E-state index is 0.253. The number of halogens is 3. The van der Waals surface area contributed by atoms with Crippen molar-refractivity contribution in [1.82, 2.24) is 10.6 Å². The van der Waals surface area contributed by atoms with Crippen molar-refractivity contribution >= 4 is 11.6 Å². The number of anilines is 1. The summed E-state index contributed by atoms with van der Waals surface area (Å²) in [4.78, 5) is 6.12. The molecule has 2 aromatic rings. The smallest absolute Gasteiger partial charge is 0.378 e. The monoisotopic (exact) mass is 364 g/mol. The zero-order valence-electron chi connectivity index (χ0n) is 15.1. The van der Waals surface area contributed by atoms with Crippen molar-refractivity contribution in [2.45, 2.75) is 19.3 Å². The van der Waals surface area contributed by atoms with Crippen molar-refractivity contribution < 1.29 is 13.2 Å². The third-order valence-corrected chi connectivity index (χ3v) is 3.85. The molecule has 0 atom stereocenters. The number of benzene rings is 2. The molecule has 2 N–H and O–H groups in total. The van der Waals surface area contributed by atoms with E-state index in [1.807, 2.05) is 43.3 Å². The fraction of sp³-hybridized carbons (Fsp3) is 0.316. The number of alkyl halides is 3. The van der Waals surface area contributed by atoms with Crippen molar-refractivity contribution in [1.29, 1.82) is 0 Å². The molecule has 4 nitrogen and oxygen atoms in total. The highest BCUT2D eigenvalue weighted by molar-refractivity contribution is 5.79. The summed E-state index contributed by atoms with van der Waals surface area (Å²) in [5, 5.41) is 6.18. The maximum atomic E-state index is 12.8. The topological polar surface area (TPSA) is 39.7 Å². The second kappa shape index (κ2) is 8.60. The molecular formula is C19H23F3N4. The second-order valence-electron chi connectivity index (χ2n) is 6.04. The lowest BCUT2D eigenvalue weighted by Gasteiger charge is -2.15. The van der Waals surface area contributed by atoms with Gasteiger partial charge in [-0.2, -0.15) is 13.2 Å². The molecule has 0 spiro atoms. The standard InChI is InChI=1S/C19H23F3N4/c1-23-18(24-12-14-7-9-17(10-8-14)26(2)3)25-13-15-5-4-6-16(11-15)19(20,21)22/h4-11H,12-13H2,1-3H3,(H2,23,24,25). The van der Waals surface area contributed by atoms with Crippen molar-refractivity contribution in [3.63, 3.8) is 0 Å². The van der Waals surface area contributed by atoms with Crippen LogP contribution in [0.2, 0.25) is 0 Å². The third kappa shape index (κ3) is 5.68. The van der Waals surface area contributed by atoms with Gasteiger partial charge in [-0.25, -0.2) is 0 Å². The molecule has 0 amide bonds. The third-order valence-electron chi connectivity index (χ3n) is 3.85. The fourth-order valence-corrected chi connectivity index (χ4v) is 2.36. The molecule has 2 aromatic carbocycles. The molecule has 140 valence electrons. The number of aliphatic imine (C=N–C) groups is 1. The maximum absolute atomic E-state index is 12.8. The number of nitrogens with zero attached hydrogens (tertiary/aromatic N) is 2. The molecule has 0 aliphatic carbocycles. The summed E-state index contributed by atoms with van der Waals surface area (Å²) in [5.41, 5.74) is 2.08. The summed E-state index contributed by atoms with van der Waals surface area (Å²) in [6.07, 6.45) is -4.34. The van der Waals surface area contributed by atoms with E-state index in [2.05, 4.69) is 15.6 Å². The molecular weight excluding hydrogens is 341 g/mol. The van der Waals surface area contributed by atoms with Crippen LogP contribution in [-0.4, -0.2) is 27.1 Å². The van der Waals surface area contributed by atoms with Gasteiger partial charge in [0.1, 0.15) is 0 Å². The van der Waals surface area contributed by atoms with E-state index >= 15 is 0 Å². The van der Waals surface area contributed by atoms with E-state index < -0.39 is 11.7 Å². The Morgan fingerprint density at radius 1 is 0.962 bits per heavy atom. The van der Waals surface area contributed by atoms with Gasteiger partial charge in [-0.05, 0) is 35.4 Å². The molecule has 0 radical (unpaired) electrons. The van der Waals surface area contributed by atoms with E-state index in [1.54, 1.807) is 13.1 Å². The van der Waals surface area contributed by atoms with Gasteiger partial charge >= 0.3 is 6.18 Å². The van der Waals surface area contributed by atoms with Gasteiger partial charge in [-0.3, -0.25) is 4.99 Å². The van der Waals surface area contributed by atoms with E-state index in [9.17, 15) is 13.2 Å². The lowest BCUT2D eigenvalue weighted by atomic mass is 10.1. The van der Waals surface area contributed by atoms with Crippen LogP contribution < -0.4 is 15.5 Å². The Morgan fingerprint density at radius 2 is 1.58 bits per heavy atom. The number of nitrogens with one attached hydrogen (secondary N) is 2. The summed E-state index contributed by atoms with van der Waals surface area (Å²) < 4.78 is 38.3. The molecule has 0 aliphatic heterocycles. The van der Waals surface area contributed by atoms with Crippen molar-refractivity contribution in [3.05, 3.63) is 65.2 Å². The van der Waals surface area contributed by atoms with Gasteiger partial charge in [-0.1, -0.05) is 24.3 Å². The van der Waals surface area contributed by atoms with Crippen molar-refractivity contribution in [2.24, 2.45) is 4.99 Å². The average molecular weight is 364 g/mol. The van der Waals surface area contributed by atoms with Gasteiger partial charge in [-0.15, -0.1) is 0 Å². The lowest BCUT2D eigenvalue weighted by molar-refractivity contribution is -0.137. The minimum Gasteiger partial charge on any atom is -0.378 e. The van der Waals surface area contributed by atoms with Crippen LogP contribution in [0.1, 0.15) is 16.7 Å². The van der Waals surface area contributed by atoms with E-state index in [4.69, 9.17) is 0 Å². The second-order valence-corrected chi connectivity index (χ2v) is 6.04. The molecule has 0 saturated carbocycles. The molecule has 2 rings (SSSR count). The Hall–Kier alpha value is -2.70. The first-order valence-electron chi connectivity index (χ1n) is 8.16. The molecule has 0 aromatic heterocycles. The predicted octanol–water partition coefficient (Wildman–Crippen LogP) is 3.64. The normalized spacial score (nSPS) is 12.0. The van der Waals surface area contributed by atoms with E-state index in [-0.39, 0.29) is 6.54 Å². The van der Waals surface area contributed by atoms with Crippen LogP contribution in [0.3, 0.4) is 0 Å².